The van der Waals surface area contributed by atoms with Crippen LogP contribution in [0, 0.1) is 5.92 Å². The van der Waals surface area contributed by atoms with Gasteiger partial charge in [0.2, 0.25) is 0 Å². The maximum absolute atomic E-state index is 12.2. The third-order valence-corrected chi connectivity index (χ3v) is 4.15. The average molecular weight is 353 g/mol. The minimum atomic E-state index is -0.111. The van der Waals surface area contributed by atoms with E-state index in [4.69, 9.17) is 0 Å². The fourth-order valence-corrected chi connectivity index (χ4v) is 2.87. The van der Waals surface area contributed by atoms with Crippen LogP contribution in [0.1, 0.15) is 36.3 Å². The molecule has 7 nitrogen and oxygen atoms in total. The van der Waals surface area contributed by atoms with Gasteiger partial charge in [-0.1, -0.05) is 6.92 Å². The van der Waals surface area contributed by atoms with Gasteiger partial charge in [0, 0.05) is 38.2 Å². The van der Waals surface area contributed by atoms with Crippen molar-refractivity contribution in [1.82, 2.24) is 30.2 Å². The summed E-state index contributed by atoms with van der Waals surface area (Å²) in [5, 5.41) is 14.9. The van der Waals surface area contributed by atoms with Crippen LogP contribution in [0.25, 0.3) is 0 Å². The normalized spacial score (nSPS) is 18.6. The fraction of sp³-hybridized carbons (Fsp3) is 0.562. The maximum Gasteiger partial charge on any atom is 0.271 e. The van der Waals surface area contributed by atoms with Crippen LogP contribution in [-0.4, -0.2) is 45.1 Å². The highest BCUT2D eigenvalue weighted by molar-refractivity contribution is 5.92. The molecule has 0 saturated carbocycles. The number of rotatable bonds is 6. The summed E-state index contributed by atoms with van der Waals surface area (Å²) in [6, 6.07) is 4.05. The standard InChI is InChI=1S/C16H24N6O.ClH/c1-13(12-21-8-3-7-19-21)10-18-16(23)15-5-9-22(20-15)14-4-2-6-17-11-14;/h3,5,7-9,13-14,17H,2,4,6,10-12H2,1H3,(H,18,23);1H. The van der Waals surface area contributed by atoms with Gasteiger partial charge in [0.05, 0.1) is 6.04 Å². The summed E-state index contributed by atoms with van der Waals surface area (Å²) < 4.78 is 3.79. The van der Waals surface area contributed by atoms with Crippen molar-refractivity contribution in [2.24, 2.45) is 5.92 Å². The lowest BCUT2D eigenvalue weighted by atomic mass is 10.1. The summed E-state index contributed by atoms with van der Waals surface area (Å²) in [6.45, 7) is 5.48. The van der Waals surface area contributed by atoms with Crippen LogP contribution in [0.3, 0.4) is 0 Å². The lowest BCUT2D eigenvalue weighted by Gasteiger charge is -2.22. The van der Waals surface area contributed by atoms with Gasteiger partial charge >= 0.3 is 0 Å². The molecule has 0 aliphatic carbocycles. The van der Waals surface area contributed by atoms with E-state index in [9.17, 15) is 4.79 Å². The number of hydrogen-bond acceptors (Lipinski definition) is 4. The smallest absolute Gasteiger partial charge is 0.271 e. The number of halogens is 1. The Morgan fingerprint density at radius 1 is 1.50 bits per heavy atom. The first-order valence-corrected chi connectivity index (χ1v) is 8.24. The highest BCUT2D eigenvalue weighted by atomic mass is 35.5. The van der Waals surface area contributed by atoms with Crippen molar-refractivity contribution in [1.29, 1.82) is 0 Å². The lowest BCUT2D eigenvalue weighted by Crippen LogP contribution is -2.33. The minimum Gasteiger partial charge on any atom is -0.350 e. The first kappa shape index (κ1) is 18.5. The van der Waals surface area contributed by atoms with Crippen LogP contribution < -0.4 is 10.6 Å². The van der Waals surface area contributed by atoms with Crippen LogP contribution >= 0.6 is 12.4 Å². The van der Waals surface area contributed by atoms with E-state index in [2.05, 4.69) is 27.8 Å². The number of aromatic nitrogens is 4. The molecule has 0 bridgehead atoms. The van der Waals surface area contributed by atoms with E-state index in [-0.39, 0.29) is 18.3 Å². The molecule has 1 aliphatic heterocycles. The van der Waals surface area contributed by atoms with Crippen molar-refractivity contribution in [2.75, 3.05) is 19.6 Å². The molecular formula is C16H25ClN6O. The van der Waals surface area contributed by atoms with Crippen molar-refractivity contribution in [3.8, 4) is 0 Å². The molecule has 2 aromatic rings. The average Bonchev–Trinajstić information content (AvgIpc) is 3.25. The summed E-state index contributed by atoms with van der Waals surface area (Å²) in [4.78, 5) is 12.2. The van der Waals surface area contributed by atoms with Crippen molar-refractivity contribution in [2.45, 2.75) is 32.4 Å². The van der Waals surface area contributed by atoms with Gasteiger partial charge in [-0.15, -0.1) is 12.4 Å². The molecule has 1 aliphatic rings. The van der Waals surface area contributed by atoms with Gasteiger partial charge < -0.3 is 10.6 Å². The van der Waals surface area contributed by atoms with Gasteiger partial charge in [0.25, 0.3) is 5.91 Å². The number of hydrogen-bond donors (Lipinski definition) is 2. The van der Waals surface area contributed by atoms with E-state index in [1.54, 1.807) is 12.3 Å². The molecule has 1 fully saturated rings. The van der Waals surface area contributed by atoms with Gasteiger partial charge in [0.15, 0.2) is 0 Å². The predicted molar refractivity (Wildman–Crippen MR) is 94.3 cm³/mol. The third-order valence-electron chi connectivity index (χ3n) is 4.15. The second kappa shape index (κ2) is 8.84. The molecule has 3 heterocycles. The molecule has 2 aromatic heterocycles. The zero-order valence-corrected chi connectivity index (χ0v) is 14.7. The molecule has 1 amide bonds. The molecule has 0 aromatic carbocycles. The fourth-order valence-electron chi connectivity index (χ4n) is 2.87. The SMILES string of the molecule is CC(CNC(=O)c1ccn(C2CCCNC2)n1)Cn1cccn1.Cl. The molecule has 132 valence electrons. The van der Waals surface area contributed by atoms with E-state index in [0.717, 1.165) is 32.5 Å². The highest BCUT2D eigenvalue weighted by Gasteiger charge is 2.18. The van der Waals surface area contributed by atoms with Crippen LogP contribution in [-0.2, 0) is 6.54 Å². The zero-order valence-electron chi connectivity index (χ0n) is 13.9. The molecule has 8 heteroatoms. The van der Waals surface area contributed by atoms with Crippen LogP contribution in [0.2, 0.25) is 0 Å². The number of nitrogens with one attached hydrogen (secondary N) is 2. The molecule has 1 saturated heterocycles. The topological polar surface area (TPSA) is 76.8 Å². The van der Waals surface area contributed by atoms with E-state index in [0.29, 0.717) is 24.2 Å². The first-order valence-electron chi connectivity index (χ1n) is 8.24. The van der Waals surface area contributed by atoms with Crippen LogP contribution in [0.5, 0.6) is 0 Å². The summed E-state index contributed by atoms with van der Waals surface area (Å²) in [5.74, 6) is 0.198. The quantitative estimate of drug-likeness (QED) is 0.825. The highest BCUT2D eigenvalue weighted by Crippen LogP contribution is 2.15. The lowest BCUT2D eigenvalue weighted by molar-refractivity contribution is 0.0940. The Labute approximate surface area is 148 Å². The molecule has 2 unspecified atom stereocenters. The maximum atomic E-state index is 12.2. The van der Waals surface area contributed by atoms with E-state index in [1.807, 2.05) is 27.8 Å². The van der Waals surface area contributed by atoms with Gasteiger partial charge in [0.1, 0.15) is 5.69 Å². The summed E-state index contributed by atoms with van der Waals surface area (Å²) in [7, 11) is 0. The Balaban J connectivity index is 0.00000208. The van der Waals surface area contributed by atoms with Gasteiger partial charge in [-0.3, -0.25) is 14.2 Å². The van der Waals surface area contributed by atoms with Gasteiger partial charge in [-0.05, 0) is 37.4 Å². The molecule has 0 spiro atoms. The zero-order chi connectivity index (χ0) is 16.1. The Morgan fingerprint density at radius 3 is 3.08 bits per heavy atom. The van der Waals surface area contributed by atoms with E-state index >= 15 is 0 Å². The Kier molecular flexibility index (Phi) is 6.81. The molecule has 24 heavy (non-hydrogen) atoms. The summed E-state index contributed by atoms with van der Waals surface area (Å²) in [5.41, 5.74) is 0.488. The van der Waals surface area contributed by atoms with Crippen molar-refractivity contribution < 1.29 is 4.79 Å². The van der Waals surface area contributed by atoms with E-state index in [1.165, 1.54) is 0 Å². The van der Waals surface area contributed by atoms with Crippen LogP contribution in [0.15, 0.2) is 30.7 Å². The number of amides is 1. The van der Waals surface area contributed by atoms with Crippen LogP contribution in [0.4, 0.5) is 0 Å². The Hall–Kier alpha value is -1.86. The molecule has 3 rings (SSSR count). The van der Waals surface area contributed by atoms with Crippen molar-refractivity contribution >= 4 is 18.3 Å². The van der Waals surface area contributed by atoms with Gasteiger partial charge in [-0.2, -0.15) is 10.2 Å². The predicted octanol–water partition coefficient (Wildman–Crippen LogP) is 1.49. The molecule has 0 radical (unpaired) electrons. The second-order valence-electron chi connectivity index (χ2n) is 6.22. The monoisotopic (exact) mass is 352 g/mol. The summed E-state index contributed by atoms with van der Waals surface area (Å²) >= 11 is 0. The van der Waals surface area contributed by atoms with Gasteiger partial charge in [-0.25, -0.2) is 0 Å². The Morgan fingerprint density at radius 2 is 2.38 bits per heavy atom. The molecule has 2 N–H and O–H groups in total. The number of piperidine rings is 1. The number of carbonyl (C=O) groups excluding carboxylic acids is 1. The molecule has 2 atom stereocenters. The number of nitrogens with zero attached hydrogens (tertiary/aromatic N) is 4. The minimum absolute atomic E-state index is 0. The third kappa shape index (κ3) is 4.82. The van der Waals surface area contributed by atoms with Crippen molar-refractivity contribution in [3.05, 3.63) is 36.4 Å². The Bertz CT molecular complexity index is 620. The summed E-state index contributed by atoms with van der Waals surface area (Å²) in [6.07, 6.45) is 7.85. The molecular weight excluding hydrogens is 328 g/mol. The number of carbonyl (C=O) groups is 1. The van der Waals surface area contributed by atoms with Crippen molar-refractivity contribution in [3.63, 3.8) is 0 Å². The first-order chi connectivity index (χ1) is 11.2. The largest absolute Gasteiger partial charge is 0.350 e. The van der Waals surface area contributed by atoms with E-state index < -0.39 is 0 Å². The second-order valence-corrected chi connectivity index (χ2v) is 6.22.